The Labute approximate surface area is 164 Å². The second-order valence-electron chi connectivity index (χ2n) is 6.40. The van der Waals surface area contributed by atoms with Gasteiger partial charge in [0.05, 0.1) is 17.8 Å². The summed E-state index contributed by atoms with van der Waals surface area (Å²) in [7, 11) is -1.94. The predicted molar refractivity (Wildman–Crippen MR) is 108 cm³/mol. The molecule has 3 rings (SSSR count). The van der Waals surface area contributed by atoms with E-state index in [1.165, 1.54) is 0 Å². The Kier molecular flexibility index (Phi) is 5.89. The highest BCUT2D eigenvalue weighted by Gasteiger charge is 2.22. The van der Waals surface area contributed by atoms with Crippen molar-refractivity contribution in [1.82, 2.24) is 15.6 Å². The molecule has 2 amide bonds. The van der Waals surface area contributed by atoms with Crippen molar-refractivity contribution in [3.8, 4) is 5.75 Å². The number of rotatable bonds is 7. The first-order chi connectivity index (χ1) is 13.4. The first-order valence-corrected chi connectivity index (χ1v) is 10.5. The van der Waals surface area contributed by atoms with Crippen molar-refractivity contribution in [1.29, 1.82) is 0 Å². The van der Waals surface area contributed by atoms with Crippen LogP contribution in [0.15, 0.2) is 53.4 Å². The molecular formula is C20H23N3O4S. The van der Waals surface area contributed by atoms with E-state index >= 15 is 0 Å². The Bertz CT molecular complexity index is 1070. The quantitative estimate of drug-likeness (QED) is 0.567. The third-order valence-electron chi connectivity index (χ3n) is 4.41. The maximum absolute atomic E-state index is 12.7. The van der Waals surface area contributed by atoms with E-state index in [-0.39, 0.29) is 12.3 Å². The number of sulfone groups is 1. The predicted octanol–water partition coefficient (Wildman–Crippen LogP) is 2.76. The van der Waals surface area contributed by atoms with Gasteiger partial charge in [0.2, 0.25) is 0 Å². The highest BCUT2D eigenvalue weighted by molar-refractivity contribution is 7.91. The summed E-state index contributed by atoms with van der Waals surface area (Å²) in [5.41, 5.74) is 2.30. The number of aromatic amines is 1. The molecule has 148 valence electrons. The molecule has 0 saturated carbocycles. The lowest BCUT2D eigenvalue weighted by atomic mass is 10.2. The van der Waals surface area contributed by atoms with Crippen molar-refractivity contribution < 1.29 is 17.9 Å². The number of carbonyl (C=O) groups excluding carboxylic acids is 1. The third-order valence-corrected chi connectivity index (χ3v) is 6.30. The summed E-state index contributed by atoms with van der Waals surface area (Å²) >= 11 is 0. The molecule has 1 heterocycles. The number of urea groups is 1. The fourth-order valence-corrected chi connectivity index (χ4v) is 4.65. The Balaban J connectivity index is 1.54. The fourth-order valence-electron chi connectivity index (χ4n) is 3.04. The lowest BCUT2D eigenvalue weighted by Gasteiger charge is -2.09. The van der Waals surface area contributed by atoms with Gasteiger partial charge in [-0.25, -0.2) is 13.2 Å². The Morgan fingerprint density at radius 3 is 2.50 bits per heavy atom. The summed E-state index contributed by atoms with van der Waals surface area (Å²) < 4.78 is 30.6. The number of aryl methyl sites for hydroxylation is 1. The summed E-state index contributed by atoms with van der Waals surface area (Å²) in [5, 5.41) is 5.97. The SMILES string of the molecule is COc1ccc(CNC(=O)NCCS(=O)(=O)c2c(C)[nH]c3ccccc23)cc1. The molecule has 8 heteroatoms. The summed E-state index contributed by atoms with van der Waals surface area (Å²) in [4.78, 5) is 15.3. The molecular weight excluding hydrogens is 378 g/mol. The van der Waals surface area contributed by atoms with Crippen LogP contribution in [0.4, 0.5) is 4.79 Å². The molecule has 0 aliphatic heterocycles. The molecule has 0 atom stereocenters. The van der Waals surface area contributed by atoms with Crippen molar-refractivity contribution in [3.63, 3.8) is 0 Å². The zero-order valence-corrected chi connectivity index (χ0v) is 16.6. The first kappa shape index (κ1) is 19.8. The Morgan fingerprint density at radius 1 is 1.07 bits per heavy atom. The van der Waals surface area contributed by atoms with Gasteiger partial charge in [-0.1, -0.05) is 30.3 Å². The van der Waals surface area contributed by atoms with Gasteiger partial charge < -0.3 is 20.4 Å². The van der Waals surface area contributed by atoms with Crippen LogP contribution in [0, 0.1) is 6.92 Å². The molecule has 7 nitrogen and oxygen atoms in total. The Hall–Kier alpha value is -3.00. The van der Waals surface area contributed by atoms with Crippen molar-refractivity contribution in [2.24, 2.45) is 0 Å². The number of carbonyl (C=O) groups is 1. The molecule has 0 bridgehead atoms. The number of hydrogen-bond donors (Lipinski definition) is 3. The first-order valence-electron chi connectivity index (χ1n) is 8.85. The molecule has 0 fully saturated rings. The normalized spacial score (nSPS) is 11.4. The van der Waals surface area contributed by atoms with Crippen molar-refractivity contribution in [2.75, 3.05) is 19.4 Å². The van der Waals surface area contributed by atoms with E-state index in [4.69, 9.17) is 4.74 Å². The number of ether oxygens (including phenoxy) is 1. The zero-order chi connectivity index (χ0) is 20.1. The van der Waals surface area contributed by atoms with Gasteiger partial charge in [0, 0.05) is 29.7 Å². The van der Waals surface area contributed by atoms with Crippen LogP contribution in [0.2, 0.25) is 0 Å². The molecule has 1 aromatic heterocycles. The van der Waals surface area contributed by atoms with Crippen LogP contribution in [0.3, 0.4) is 0 Å². The number of benzene rings is 2. The molecule has 3 aromatic rings. The maximum atomic E-state index is 12.7. The number of H-pyrrole nitrogens is 1. The van der Waals surface area contributed by atoms with E-state index in [9.17, 15) is 13.2 Å². The molecule has 0 saturated heterocycles. The van der Waals surface area contributed by atoms with E-state index in [1.807, 2.05) is 36.4 Å². The monoisotopic (exact) mass is 401 g/mol. The second kappa shape index (κ2) is 8.35. The van der Waals surface area contributed by atoms with Gasteiger partial charge in [-0.15, -0.1) is 0 Å². The number of para-hydroxylation sites is 1. The molecule has 0 radical (unpaired) electrons. The van der Waals surface area contributed by atoms with Gasteiger partial charge >= 0.3 is 6.03 Å². The highest BCUT2D eigenvalue weighted by atomic mass is 32.2. The van der Waals surface area contributed by atoms with E-state index < -0.39 is 15.9 Å². The van der Waals surface area contributed by atoms with Gasteiger partial charge in [-0.3, -0.25) is 0 Å². The van der Waals surface area contributed by atoms with Crippen LogP contribution >= 0.6 is 0 Å². The number of hydrogen-bond acceptors (Lipinski definition) is 4. The average molecular weight is 401 g/mol. The zero-order valence-electron chi connectivity index (χ0n) is 15.8. The van der Waals surface area contributed by atoms with E-state index in [2.05, 4.69) is 15.6 Å². The molecule has 0 unspecified atom stereocenters. The van der Waals surface area contributed by atoms with E-state index in [0.717, 1.165) is 16.8 Å². The van der Waals surface area contributed by atoms with Crippen molar-refractivity contribution in [2.45, 2.75) is 18.4 Å². The minimum absolute atomic E-state index is 0.0235. The molecule has 0 aliphatic carbocycles. The number of nitrogens with one attached hydrogen (secondary N) is 3. The number of aromatic nitrogens is 1. The fraction of sp³-hybridized carbons (Fsp3) is 0.250. The number of fused-ring (bicyclic) bond motifs is 1. The lowest BCUT2D eigenvalue weighted by Crippen LogP contribution is -2.37. The van der Waals surface area contributed by atoms with E-state index in [1.54, 1.807) is 26.2 Å². The summed E-state index contributed by atoms with van der Waals surface area (Å²) in [6.07, 6.45) is 0. The highest BCUT2D eigenvalue weighted by Crippen LogP contribution is 2.27. The minimum atomic E-state index is -3.53. The summed E-state index contributed by atoms with van der Waals surface area (Å²) in [5.74, 6) is 0.567. The molecule has 28 heavy (non-hydrogen) atoms. The summed E-state index contributed by atoms with van der Waals surface area (Å²) in [6, 6.07) is 14.2. The van der Waals surface area contributed by atoms with Crippen LogP contribution in [0.25, 0.3) is 10.9 Å². The maximum Gasteiger partial charge on any atom is 0.315 e. The van der Waals surface area contributed by atoms with Crippen LogP contribution in [-0.4, -0.2) is 38.8 Å². The van der Waals surface area contributed by atoms with Gasteiger partial charge in [0.25, 0.3) is 0 Å². The topological polar surface area (TPSA) is 100 Å². The molecule has 3 N–H and O–H groups in total. The van der Waals surface area contributed by atoms with Crippen LogP contribution in [-0.2, 0) is 16.4 Å². The van der Waals surface area contributed by atoms with Crippen LogP contribution in [0.5, 0.6) is 5.75 Å². The van der Waals surface area contributed by atoms with Crippen molar-refractivity contribution in [3.05, 3.63) is 59.8 Å². The number of amides is 2. The lowest BCUT2D eigenvalue weighted by molar-refractivity contribution is 0.241. The van der Waals surface area contributed by atoms with Crippen molar-refractivity contribution >= 4 is 26.8 Å². The Morgan fingerprint density at radius 2 is 1.79 bits per heavy atom. The van der Waals surface area contributed by atoms with Crippen LogP contribution < -0.4 is 15.4 Å². The van der Waals surface area contributed by atoms with Crippen LogP contribution in [0.1, 0.15) is 11.3 Å². The third kappa shape index (κ3) is 4.45. The van der Waals surface area contributed by atoms with Gasteiger partial charge in [0.1, 0.15) is 5.75 Å². The summed E-state index contributed by atoms with van der Waals surface area (Å²) in [6.45, 7) is 2.10. The average Bonchev–Trinajstić information content (AvgIpc) is 3.03. The van der Waals surface area contributed by atoms with E-state index in [0.29, 0.717) is 22.5 Å². The molecule has 2 aromatic carbocycles. The largest absolute Gasteiger partial charge is 0.497 e. The minimum Gasteiger partial charge on any atom is -0.497 e. The van der Waals surface area contributed by atoms with Gasteiger partial charge in [-0.2, -0.15) is 0 Å². The second-order valence-corrected chi connectivity index (χ2v) is 8.45. The van der Waals surface area contributed by atoms with Gasteiger partial charge in [-0.05, 0) is 30.7 Å². The standard InChI is InChI=1S/C20H23N3O4S/c1-14-19(17-5-3-4-6-18(17)23-14)28(25,26)12-11-21-20(24)22-13-15-7-9-16(27-2)10-8-15/h3-10,23H,11-13H2,1-2H3,(H2,21,22,24). The smallest absolute Gasteiger partial charge is 0.315 e. The van der Waals surface area contributed by atoms with Gasteiger partial charge in [0.15, 0.2) is 9.84 Å². The molecule has 0 spiro atoms. The number of methoxy groups -OCH3 is 1. The molecule has 0 aliphatic rings.